The second kappa shape index (κ2) is 6.72. The summed E-state index contributed by atoms with van der Waals surface area (Å²) >= 11 is 2.05. The fourth-order valence-corrected chi connectivity index (χ4v) is 4.68. The number of aryl methyl sites for hydroxylation is 1. The van der Waals surface area contributed by atoms with E-state index >= 15 is 0 Å². The molecule has 0 radical (unpaired) electrons. The monoisotopic (exact) mass is 345 g/mol. The molecule has 7 heteroatoms. The number of carbonyl (C=O) groups is 1. The summed E-state index contributed by atoms with van der Waals surface area (Å²) in [6.45, 7) is 6.01. The van der Waals surface area contributed by atoms with Crippen LogP contribution in [0.4, 0.5) is 0 Å². The molecule has 0 N–H and O–H groups in total. The van der Waals surface area contributed by atoms with Crippen molar-refractivity contribution in [3.8, 4) is 0 Å². The largest absolute Gasteiger partial charge is 0.338 e. The third-order valence-corrected chi connectivity index (χ3v) is 6.14. The summed E-state index contributed by atoms with van der Waals surface area (Å²) in [6.07, 6.45) is 5.56. The molecular weight excluding hydrogens is 322 g/mol. The number of hydrogen-bond acceptors (Lipinski definition) is 5. The van der Waals surface area contributed by atoms with Gasteiger partial charge >= 0.3 is 0 Å². The lowest BCUT2D eigenvalue weighted by molar-refractivity contribution is 0.0629. The summed E-state index contributed by atoms with van der Waals surface area (Å²) in [5, 5.41) is 4.25. The normalized spacial score (nSPS) is 20.6. The number of likely N-dealkylation sites (tertiary alicyclic amines) is 1. The van der Waals surface area contributed by atoms with Gasteiger partial charge in [-0.15, -0.1) is 0 Å². The highest BCUT2D eigenvalue weighted by atomic mass is 32.2. The van der Waals surface area contributed by atoms with Crippen molar-refractivity contribution in [1.29, 1.82) is 0 Å². The van der Waals surface area contributed by atoms with E-state index in [1.165, 1.54) is 24.6 Å². The van der Waals surface area contributed by atoms with E-state index in [0.29, 0.717) is 11.6 Å². The van der Waals surface area contributed by atoms with E-state index in [-0.39, 0.29) is 5.91 Å². The van der Waals surface area contributed by atoms with E-state index in [1.807, 2.05) is 29.7 Å². The quantitative estimate of drug-likeness (QED) is 0.829. The zero-order valence-electron chi connectivity index (χ0n) is 14.0. The van der Waals surface area contributed by atoms with E-state index in [9.17, 15) is 4.79 Å². The van der Waals surface area contributed by atoms with Crippen molar-refractivity contribution >= 4 is 23.3 Å². The molecule has 0 spiro atoms. The Morgan fingerprint density at radius 2 is 1.96 bits per heavy atom. The van der Waals surface area contributed by atoms with Crippen LogP contribution in [0.25, 0.3) is 5.65 Å². The van der Waals surface area contributed by atoms with Crippen molar-refractivity contribution in [2.45, 2.75) is 25.8 Å². The fourth-order valence-electron chi connectivity index (χ4n) is 3.75. The molecule has 0 atom stereocenters. The van der Waals surface area contributed by atoms with E-state index in [0.717, 1.165) is 37.3 Å². The van der Waals surface area contributed by atoms with Crippen molar-refractivity contribution in [2.24, 2.45) is 0 Å². The first kappa shape index (κ1) is 15.9. The van der Waals surface area contributed by atoms with Crippen molar-refractivity contribution < 1.29 is 4.79 Å². The van der Waals surface area contributed by atoms with Gasteiger partial charge < -0.3 is 4.90 Å². The third kappa shape index (κ3) is 2.91. The molecule has 2 aromatic rings. The average molecular weight is 345 g/mol. The molecule has 4 heterocycles. The number of carbonyl (C=O) groups excluding carboxylic acids is 1. The molecule has 6 nitrogen and oxygen atoms in total. The smallest absolute Gasteiger partial charge is 0.257 e. The van der Waals surface area contributed by atoms with Crippen LogP contribution in [0.5, 0.6) is 0 Å². The van der Waals surface area contributed by atoms with Crippen LogP contribution in [-0.2, 0) is 0 Å². The Balaban J connectivity index is 1.44. The maximum atomic E-state index is 12.9. The lowest BCUT2D eigenvalue weighted by Gasteiger charge is -2.40. The van der Waals surface area contributed by atoms with Gasteiger partial charge in [0.05, 0.1) is 17.5 Å². The molecule has 4 rings (SSSR count). The molecular formula is C17H23N5OS. The Labute approximate surface area is 146 Å². The lowest BCUT2D eigenvalue weighted by atomic mass is 10.0. The third-order valence-electron chi connectivity index (χ3n) is 5.20. The first-order chi connectivity index (χ1) is 11.7. The van der Waals surface area contributed by atoms with Crippen LogP contribution >= 0.6 is 11.8 Å². The number of aromatic nitrogens is 3. The van der Waals surface area contributed by atoms with E-state index in [4.69, 9.17) is 0 Å². The Hall–Kier alpha value is -1.60. The standard InChI is InChI=1S/C17H23N5OS/c1-13-15(12-18-16-2-5-19-22(13)16)17(23)21-6-3-14(4-7-21)20-8-10-24-11-9-20/h2,5,12,14H,3-4,6-11H2,1H3. The summed E-state index contributed by atoms with van der Waals surface area (Å²) in [5.41, 5.74) is 2.31. The summed E-state index contributed by atoms with van der Waals surface area (Å²) in [6, 6.07) is 2.49. The van der Waals surface area contributed by atoms with Gasteiger partial charge in [0, 0.05) is 56.0 Å². The molecule has 2 aliphatic rings. The predicted molar refractivity (Wildman–Crippen MR) is 95.5 cm³/mol. The van der Waals surface area contributed by atoms with Crippen LogP contribution in [0.1, 0.15) is 28.9 Å². The second-order valence-corrected chi connectivity index (χ2v) is 7.75. The van der Waals surface area contributed by atoms with Crippen LogP contribution in [0.2, 0.25) is 0 Å². The zero-order valence-corrected chi connectivity index (χ0v) is 14.8. The minimum absolute atomic E-state index is 0.0880. The minimum atomic E-state index is 0.0880. The molecule has 0 aliphatic carbocycles. The first-order valence-electron chi connectivity index (χ1n) is 8.64. The Bertz CT molecular complexity index is 732. The Morgan fingerprint density at radius 3 is 2.71 bits per heavy atom. The SMILES string of the molecule is Cc1c(C(=O)N2CCC(N3CCSCC3)CC2)cnc2ccnn12. The molecule has 1 amide bonds. The topological polar surface area (TPSA) is 53.7 Å². The number of fused-ring (bicyclic) bond motifs is 1. The highest BCUT2D eigenvalue weighted by Gasteiger charge is 2.29. The molecule has 0 aromatic carbocycles. The van der Waals surface area contributed by atoms with E-state index < -0.39 is 0 Å². The summed E-state index contributed by atoms with van der Waals surface area (Å²) < 4.78 is 1.74. The van der Waals surface area contributed by atoms with Gasteiger partial charge in [0.15, 0.2) is 5.65 Å². The number of rotatable bonds is 2. The Kier molecular flexibility index (Phi) is 4.45. The van der Waals surface area contributed by atoms with Gasteiger partial charge in [-0.3, -0.25) is 9.69 Å². The number of nitrogens with zero attached hydrogens (tertiary/aromatic N) is 5. The van der Waals surface area contributed by atoms with Crippen LogP contribution in [0.3, 0.4) is 0 Å². The van der Waals surface area contributed by atoms with E-state index in [2.05, 4.69) is 15.0 Å². The van der Waals surface area contributed by atoms with Gasteiger partial charge in [-0.2, -0.15) is 16.9 Å². The number of amides is 1. The highest BCUT2D eigenvalue weighted by Crippen LogP contribution is 2.22. The molecule has 2 fully saturated rings. The predicted octanol–water partition coefficient (Wildman–Crippen LogP) is 1.69. The van der Waals surface area contributed by atoms with Crippen molar-refractivity contribution in [3.05, 3.63) is 29.7 Å². The van der Waals surface area contributed by atoms with Gasteiger partial charge in [-0.05, 0) is 19.8 Å². The summed E-state index contributed by atoms with van der Waals surface area (Å²) in [5.74, 6) is 2.58. The molecule has 128 valence electrons. The van der Waals surface area contributed by atoms with Gasteiger partial charge in [0.25, 0.3) is 5.91 Å². The summed E-state index contributed by atoms with van der Waals surface area (Å²) in [4.78, 5) is 21.8. The molecule has 2 saturated heterocycles. The Morgan fingerprint density at radius 1 is 1.21 bits per heavy atom. The first-order valence-corrected chi connectivity index (χ1v) is 9.80. The van der Waals surface area contributed by atoms with Crippen molar-refractivity contribution in [3.63, 3.8) is 0 Å². The number of piperidine rings is 1. The van der Waals surface area contributed by atoms with Crippen LogP contribution < -0.4 is 0 Å². The van der Waals surface area contributed by atoms with Crippen molar-refractivity contribution in [1.82, 2.24) is 24.4 Å². The maximum Gasteiger partial charge on any atom is 0.257 e. The maximum absolute atomic E-state index is 12.9. The second-order valence-electron chi connectivity index (χ2n) is 6.53. The van der Waals surface area contributed by atoms with Crippen molar-refractivity contribution in [2.75, 3.05) is 37.7 Å². The lowest BCUT2D eigenvalue weighted by Crippen LogP contribution is -2.49. The molecule has 0 bridgehead atoms. The van der Waals surface area contributed by atoms with Crippen LogP contribution in [-0.4, -0.2) is 74.0 Å². The fraction of sp³-hybridized carbons (Fsp3) is 0.588. The minimum Gasteiger partial charge on any atom is -0.338 e. The molecule has 2 aromatic heterocycles. The highest BCUT2D eigenvalue weighted by molar-refractivity contribution is 7.99. The van der Waals surface area contributed by atoms with Gasteiger partial charge in [-0.25, -0.2) is 9.50 Å². The van der Waals surface area contributed by atoms with Gasteiger partial charge in [-0.1, -0.05) is 0 Å². The zero-order chi connectivity index (χ0) is 16.5. The summed E-state index contributed by atoms with van der Waals surface area (Å²) in [7, 11) is 0. The van der Waals surface area contributed by atoms with E-state index in [1.54, 1.807) is 16.9 Å². The molecule has 0 unspecified atom stereocenters. The van der Waals surface area contributed by atoms with Crippen LogP contribution in [0, 0.1) is 6.92 Å². The molecule has 2 aliphatic heterocycles. The van der Waals surface area contributed by atoms with Gasteiger partial charge in [0.2, 0.25) is 0 Å². The van der Waals surface area contributed by atoms with Crippen LogP contribution in [0.15, 0.2) is 18.5 Å². The molecule has 0 saturated carbocycles. The average Bonchev–Trinajstić information content (AvgIpc) is 3.12. The number of hydrogen-bond donors (Lipinski definition) is 0. The van der Waals surface area contributed by atoms with Gasteiger partial charge in [0.1, 0.15) is 0 Å². The number of thioether (sulfide) groups is 1. The molecule has 24 heavy (non-hydrogen) atoms.